The molecule has 186 valence electrons. The van der Waals surface area contributed by atoms with Gasteiger partial charge in [-0.05, 0) is 80.9 Å². The zero-order valence-corrected chi connectivity index (χ0v) is 21.3. The first-order chi connectivity index (χ1) is 17.2. The Labute approximate surface area is 210 Å². The highest BCUT2D eigenvalue weighted by molar-refractivity contribution is 5.82. The summed E-state index contributed by atoms with van der Waals surface area (Å²) in [5.41, 5.74) is 5.06. The van der Waals surface area contributed by atoms with E-state index in [1.807, 2.05) is 0 Å². The van der Waals surface area contributed by atoms with Crippen molar-refractivity contribution in [3.05, 3.63) is 65.0 Å². The molecule has 4 aliphatic rings. The number of nitrogens with one attached hydrogen (secondary N) is 1. The van der Waals surface area contributed by atoms with Crippen molar-refractivity contribution in [2.75, 3.05) is 19.6 Å². The Morgan fingerprint density at radius 3 is 2.69 bits per heavy atom. The molecule has 0 bridgehead atoms. The zero-order chi connectivity index (χ0) is 23.8. The van der Waals surface area contributed by atoms with Crippen molar-refractivity contribution in [1.82, 2.24) is 15.2 Å². The first kappa shape index (κ1) is 23.2. The van der Waals surface area contributed by atoms with Crippen molar-refractivity contribution in [2.24, 2.45) is 11.8 Å². The molecule has 6 rings (SSSR count). The van der Waals surface area contributed by atoms with Crippen LogP contribution in [0.1, 0.15) is 86.2 Å². The average molecular weight is 472 g/mol. The number of fused-ring (bicyclic) bond motifs is 2. The summed E-state index contributed by atoms with van der Waals surface area (Å²) in [6.45, 7) is 4.71. The number of hydrogen-bond acceptors (Lipinski definition) is 3. The largest absolute Gasteiger partial charge is 0.339 e. The number of aryl methyl sites for hydroxylation is 2. The molecule has 0 unspecified atom stereocenters. The fraction of sp³-hybridized carbons (Fsp3) is 0.613. The van der Waals surface area contributed by atoms with E-state index < -0.39 is 0 Å². The molecule has 2 aromatic rings. The predicted molar refractivity (Wildman–Crippen MR) is 140 cm³/mol. The highest BCUT2D eigenvalue weighted by Crippen LogP contribution is 2.47. The van der Waals surface area contributed by atoms with E-state index >= 15 is 0 Å². The number of likely N-dealkylation sites (tertiary alicyclic amines) is 1. The number of hydrogen-bond donors (Lipinski definition) is 1. The number of piperidine rings is 1. The average Bonchev–Trinajstić information content (AvgIpc) is 3.32. The smallest absolute Gasteiger partial charge is 0.228 e. The molecule has 1 N–H and O–H groups in total. The van der Waals surface area contributed by atoms with Gasteiger partial charge in [0.25, 0.3) is 0 Å². The Morgan fingerprint density at radius 1 is 1.03 bits per heavy atom. The summed E-state index contributed by atoms with van der Waals surface area (Å²) in [7, 11) is 0. The standard InChI is InChI=1S/C31H41N3O/c1-22-14-15-26-28(33-22)13-8-17-31(26)21-32-20-27(31)30(35)34-18-16-25(23-9-4-2-5-10-23)19-29(34)24-11-6-3-7-12-24/h2,4-5,9-10,14-15,24-25,27,29,32H,3,6-8,11-13,16-21H2,1H3/t25-,27+,29-,31+/m1/s1. The maximum Gasteiger partial charge on any atom is 0.228 e. The molecule has 4 nitrogen and oxygen atoms in total. The Kier molecular flexibility index (Phi) is 6.43. The van der Waals surface area contributed by atoms with Crippen LogP contribution in [-0.2, 0) is 16.6 Å². The van der Waals surface area contributed by atoms with Crippen LogP contribution in [-0.4, -0.2) is 41.5 Å². The molecular formula is C31H41N3O. The van der Waals surface area contributed by atoms with E-state index in [9.17, 15) is 4.79 Å². The molecule has 0 radical (unpaired) electrons. The molecule has 2 aliphatic heterocycles. The lowest BCUT2D eigenvalue weighted by atomic mass is 9.64. The molecule has 1 amide bonds. The van der Waals surface area contributed by atoms with Crippen LogP contribution in [0.15, 0.2) is 42.5 Å². The third kappa shape index (κ3) is 4.22. The molecule has 2 aliphatic carbocycles. The summed E-state index contributed by atoms with van der Waals surface area (Å²) < 4.78 is 0. The van der Waals surface area contributed by atoms with Gasteiger partial charge >= 0.3 is 0 Å². The fourth-order valence-corrected chi connectivity index (χ4v) is 8.05. The van der Waals surface area contributed by atoms with Crippen molar-refractivity contribution in [3.63, 3.8) is 0 Å². The number of aromatic nitrogens is 1. The molecule has 4 atom stereocenters. The van der Waals surface area contributed by atoms with Gasteiger partial charge in [0.15, 0.2) is 0 Å². The molecule has 1 aromatic heterocycles. The van der Waals surface area contributed by atoms with E-state index in [4.69, 9.17) is 4.98 Å². The lowest BCUT2D eigenvalue weighted by Crippen LogP contribution is -2.55. The summed E-state index contributed by atoms with van der Waals surface area (Å²) in [5.74, 6) is 1.69. The van der Waals surface area contributed by atoms with E-state index in [0.717, 1.165) is 57.4 Å². The van der Waals surface area contributed by atoms with E-state index in [0.29, 0.717) is 23.8 Å². The van der Waals surface area contributed by atoms with Gasteiger partial charge in [-0.1, -0.05) is 55.7 Å². The first-order valence-corrected chi connectivity index (χ1v) is 14.2. The Balaban J connectivity index is 1.30. The van der Waals surface area contributed by atoms with Gasteiger partial charge in [-0.25, -0.2) is 0 Å². The second-order valence-electron chi connectivity index (χ2n) is 11.8. The van der Waals surface area contributed by atoms with E-state index in [1.54, 1.807) is 0 Å². The minimum atomic E-state index is -0.0846. The minimum Gasteiger partial charge on any atom is -0.339 e. The molecular weight excluding hydrogens is 430 g/mol. The summed E-state index contributed by atoms with van der Waals surface area (Å²) in [4.78, 5) is 21.8. The van der Waals surface area contributed by atoms with Crippen molar-refractivity contribution < 1.29 is 4.79 Å². The monoisotopic (exact) mass is 471 g/mol. The van der Waals surface area contributed by atoms with Crippen LogP contribution in [0.25, 0.3) is 0 Å². The topological polar surface area (TPSA) is 45.2 Å². The number of rotatable bonds is 3. The molecule has 1 saturated carbocycles. The lowest BCUT2D eigenvalue weighted by molar-refractivity contribution is -0.143. The summed E-state index contributed by atoms with van der Waals surface area (Å²) in [6, 6.07) is 15.9. The van der Waals surface area contributed by atoms with Crippen LogP contribution in [0.3, 0.4) is 0 Å². The van der Waals surface area contributed by atoms with Crippen LogP contribution in [0, 0.1) is 18.8 Å². The molecule has 3 heterocycles. The molecule has 1 spiro atoms. The maximum atomic E-state index is 14.5. The van der Waals surface area contributed by atoms with E-state index in [-0.39, 0.29) is 11.3 Å². The lowest BCUT2D eigenvalue weighted by Gasteiger charge is -2.48. The number of amides is 1. The zero-order valence-electron chi connectivity index (χ0n) is 21.3. The van der Waals surface area contributed by atoms with Gasteiger partial charge in [-0.15, -0.1) is 0 Å². The minimum absolute atomic E-state index is 0.0328. The maximum absolute atomic E-state index is 14.5. The normalized spacial score (nSPS) is 31.5. The number of nitrogens with zero attached hydrogens (tertiary/aromatic N) is 2. The highest BCUT2D eigenvalue weighted by Gasteiger charge is 2.52. The Morgan fingerprint density at radius 2 is 1.86 bits per heavy atom. The van der Waals surface area contributed by atoms with Crippen molar-refractivity contribution in [1.29, 1.82) is 0 Å². The molecule has 35 heavy (non-hydrogen) atoms. The van der Waals surface area contributed by atoms with Gasteiger partial charge in [-0.2, -0.15) is 0 Å². The van der Waals surface area contributed by atoms with Crippen molar-refractivity contribution >= 4 is 5.91 Å². The second kappa shape index (κ2) is 9.69. The molecule has 4 heteroatoms. The molecule has 1 aromatic carbocycles. The van der Waals surface area contributed by atoms with Gasteiger partial charge in [0.2, 0.25) is 5.91 Å². The van der Waals surface area contributed by atoms with Crippen molar-refractivity contribution in [3.8, 4) is 0 Å². The van der Waals surface area contributed by atoms with Crippen molar-refractivity contribution in [2.45, 2.75) is 88.5 Å². The summed E-state index contributed by atoms with van der Waals surface area (Å²) >= 11 is 0. The fourth-order valence-electron chi connectivity index (χ4n) is 8.05. The van der Waals surface area contributed by atoms with Crippen LogP contribution in [0.4, 0.5) is 0 Å². The van der Waals surface area contributed by atoms with Gasteiger partial charge in [-0.3, -0.25) is 9.78 Å². The Hall–Kier alpha value is -2.20. The van der Waals surface area contributed by atoms with Crippen LogP contribution in [0.5, 0.6) is 0 Å². The quantitative estimate of drug-likeness (QED) is 0.639. The number of carbonyl (C=O) groups excluding carboxylic acids is 1. The number of carbonyl (C=O) groups is 1. The third-order valence-electron chi connectivity index (χ3n) is 9.83. The Bertz CT molecular complexity index is 1050. The summed E-state index contributed by atoms with van der Waals surface area (Å²) in [5, 5.41) is 3.66. The van der Waals surface area contributed by atoms with Crippen LogP contribution in [0.2, 0.25) is 0 Å². The third-order valence-corrected chi connectivity index (χ3v) is 9.83. The summed E-state index contributed by atoms with van der Waals surface area (Å²) in [6.07, 6.45) is 12.1. The highest BCUT2D eigenvalue weighted by atomic mass is 16.2. The predicted octanol–water partition coefficient (Wildman–Crippen LogP) is 5.54. The molecule has 3 fully saturated rings. The van der Waals surface area contributed by atoms with Gasteiger partial charge < -0.3 is 10.2 Å². The number of pyridine rings is 1. The van der Waals surface area contributed by atoms with Gasteiger partial charge in [0.1, 0.15) is 0 Å². The SMILES string of the molecule is Cc1ccc2c(n1)CCC[C@]21CNC[C@H]1C(=O)N1CC[C@@H](c2ccccc2)C[C@@H]1C1CCCCC1. The molecule has 2 saturated heterocycles. The first-order valence-electron chi connectivity index (χ1n) is 14.2. The van der Waals surface area contributed by atoms with E-state index in [2.05, 4.69) is 59.6 Å². The van der Waals surface area contributed by atoms with Crippen LogP contribution >= 0.6 is 0 Å². The second-order valence-corrected chi connectivity index (χ2v) is 11.8. The van der Waals surface area contributed by atoms with Gasteiger partial charge in [0.05, 0.1) is 5.92 Å². The van der Waals surface area contributed by atoms with Gasteiger partial charge in [0, 0.05) is 42.5 Å². The van der Waals surface area contributed by atoms with E-state index in [1.165, 1.54) is 48.9 Å². The van der Waals surface area contributed by atoms with Crippen LogP contribution < -0.4 is 5.32 Å². The number of benzene rings is 1.